The van der Waals surface area contributed by atoms with Crippen molar-refractivity contribution in [1.82, 2.24) is 25.4 Å². The minimum atomic E-state index is 0.110. The maximum atomic E-state index is 5.64. The number of fused-ring (bicyclic) bond motifs is 3. The predicted octanol–water partition coefficient (Wildman–Crippen LogP) is 1.09. The molecule has 1 aromatic carbocycles. The van der Waals surface area contributed by atoms with E-state index in [1.165, 1.54) is 5.56 Å². The van der Waals surface area contributed by atoms with Gasteiger partial charge in [0.05, 0.1) is 31.4 Å². The molecule has 0 amide bonds. The van der Waals surface area contributed by atoms with Gasteiger partial charge < -0.3 is 14.8 Å². The van der Waals surface area contributed by atoms with Crippen LogP contribution in [-0.2, 0) is 16.0 Å². The van der Waals surface area contributed by atoms with Crippen LogP contribution in [-0.4, -0.2) is 52.5 Å². The van der Waals surface area contributed by atoms with Crippen molar-refractivity contribution in [3.8, 4) is 0 Å². The topological polar surface area (TPSA) is 73.6 Å². The Morgan fingerprint density at radius 3 is 3.13 bits per heavy atom. The largest absolute Gasteiger partial charge is 0.376 e. The number of hydrogen-bond acceptors (Lipinski definition) is 6. The summed E-state index contributed by atoms with van der Waals surface area (Å²) < 4.78 is 12.9. The van der Waals surface area contributed by atoms with Gasteiger partial charge in [-0.25, -0.2) is 0 Å². The minimum Gasteiger partial charge on any atom is -0.376 e. The molecule has 0 aliphatic carbocycles. The Morgan fingerprint density at radius 1 is 1.30 bits per heavy atom. The third-order valence-corrected chi connectivity index (χ3v) is 4.07. The summed E-state index contributed by atoms with van der Waals surface area (Å²) in [6.45, 7) is 5.50. The molecule has 3 aromatic rings. The van der Waals surface area contributed by atoms with Gasteiger partial charge >= 0.3 is 0 Å². The molecule has 0 unspecified atom stereocenters. The molecule has 1 saturated heterocycles. The monoisotopic (exact) mass is 313 g/mol. The maximum absolute atomic E-state index is 5.64. The number of aryl methyl sites for hydroxylation is 1. The van der Waals surface area contributed by atoms with Crippen LogP contribution in [0.15, 0.2) is 24.3 Å². The van der Waals surface area contributed by atoms with Gasteiger partial charge in [-0.1, -0.05) is 12.1 Å². The van der Waals surface area contributed by atoms with Crippen molar-refractivity contribution in [3.63, 3.8) is 0 Å². The molecule has 1 atom stereocenters. The molecule has 4 rings (SSSR count). The van der Waals surface area contributed by atoms with Gasteiger partial charge in [0.2, 0.25) is 0 Å². The summed E-state index contributed by atoms with van der Waals surface area (Å²) in [5, 5.41) is 16.7. The average molecular weight is 313 g/mol. The molecule has 7 nitrogen and oxygen atoms in total. The molecule has 2 aromatic heterocycles. The molecular formula is C16H19N5O2. The molecule has 3 heterocycles. The van der Waals surface area contributed by atoms with E-state index in [2.05, 4.69) is 52.0 Å². The number of nitrogens with one attached hydrogen (secondary N) is 1. The van der Waals surface area contributed by atoms with Crippen molar-refractivity contribution in [3.05, 3.63) is 35.4 Å². The summed E-state index contributed by atoms with van der Waals surface area (Å²) >= 11 is 0. The van der Waals surface area contributed by atoms with Gasteiger partial charge in [-0.3, -0.25) is 0 Å². The van der Waals surface area contributed by atoms with Crippen LogP contribution in [0.25, 0.3) is 16.6 Å². The van der Waals surface area contributed by atoms with E-state index in [0.717, 1.165) is 28.7 Å². The van der Waals surface area contributed by atoms with Crippen LogP contribution in [0.5, 0.6) is 0 Å². The highest BCUT2D eigenvalue weighted by Crippen LogP contribution is 2.20. The lowest BCUT2D eigenvalue weighted by molar-refractivity contribution is -0.0864. The van der Waals surface area contributed by atoms with Crippen molar-refractivity contribution in [1.29, 1.82) is 0 Å². The highest BCUT2D eigenvalue weighted by atomic mass is 16.6. The average Bonchev–Trinajstić information content (AvgIpc) is 3.06. The van der Waals surface area contributed by atoms with Crippen LogP contribution >= 0.6 is 0 Å². The summed E-state index contributed by atoms with van der Waals surface area (Å²) in [4.78, 5) is 0. The Balaban J connectivity index is 1.58. The van der Waals surface area contributed by atoms with E-state index in [0.29, 0.717) is 26.4 Å². The zero-order valence-corrected chi connectivity index (χ0v) is 13.0. The summed E-state index contributed by atoms with van der Waals surface area (Å²) in [5.74, 6) is 0. The molecule has 23 heavy (non-hydrogen) atoms. The number of hydrogen-bond donors (Lipinski definition) is 1. The van der Waals surface area contributed by atoms with Crippen LogP contribution in [0.3, 0.4) is 0 Å². The number of pyridine rings is 1. The van der Waals surface area contributed by atoms with Gasteiger partial charge in [-0.05, 0) is 35.0 Å². The van der Waals surface area contributed by atoms with E-state index in [9.17, 15) is 0 Å². The summed E-state index contributed by atoms with van der Waals surface area (Å²) in [6.07, 6.45) is 0.110. The van der Waals surface area contributed by atoms with Crippen LogP contribution in [0, 0.1) is 6.92 Å². The first-order valence-corrected chi connectivity index (χ1v) is 7.82. The molecule has 1 aliphatic rings. The molecule has 120 valence electrons. The van der Waals surface area contributed by atoms with Gasteiger partial charge in [0.25, 0.3) is 0 Å². The van der Waals surface area contributed by atoms with Gasteiger partial charge in [0.15, 0.2) is 5.65 Å². The second-order valence-corrected chi connectivity index (χ2v) is 5.84. The lowest BCUT2D eigenvalue weighted by Crippen LogP contribution is -2.37. The molecule has 0 radical (unpaired) electrons. The highest BCUT2D eigenvalue weighted by Gasteiger charge is 2.15. The van der Waals surface area contributed by atoms with Gasteiger partial charge in [0, 0.05) is 24.0 Å². The Hall–Kier alpha value is -2.09. The van der Waals surface area contributed by atoms with Crippen LogP contribution in [0.4, 0.5) is 0 Å². The molecule has 0 saturated carbocycles. The van der Waals surface area contributed by atoms with Gasteiger partial charge in [-0.15, -0.1) is 5.10 Å². The lowest BCUT2D eigenvalue weighted by atomic mass is 10.1. The standard InChI is InChI=1S/C16H19N5O2/c1-11-2-3-12-7-13(8-17-9-14-10-22-4-5-23-14)16-18-19-20-21(16)15(12)6-11/h2-3,6-7,14,17H,4-5,8-10H2,1H3/t14-/m0/s1. The third kappa shape index (κ3) is 2.90. The first-order chi connectivity index (χ1) is 11.3. The summed E-state index contributed by atoms with van der Waals surface area (Å²) in [7, 11) is 0. The molecule has 1 N–H and O–H groups in total. The van der Waals surface area contributed by atoms with Crippen molar-refractivity contribution in [2.75, 3.05) is 26.4 Å². The van der Waals surface area contributed by atoms with Gasteiger partial charge in [-0.2, -0.15) is 4.52 Å². The van der Waals surface area contributed by atoms with Crippen molar-refractivity contribution < 1.29 is 9.47 Å². The second kappa shape index (κ2) is 6.19. The fourth-order valence-corrected chi connectivity index (χ4v) is 2.91. The molecular weight excluding hydrogens is 294 g/mol. The number of tetrazole rings is 1. The van der Waals surface area contributed by atoms with Gasteiger partial charge in [0.1, 0.15) is 0 Å². The smallest absolute Gasteiger partial charge is 0.184 e. The van der Waals surface area contributed by atoms with E-state index in [-0.39, 0.29) is 6.10 Å². The molecule has 7 heteroatoms. The van der Waals surface area contributed by atoms with Crippen molar-refractivity contribution in [2.45, 2.75) is 19.6 Å². The van der Waals surface area contributed by atoms with E-state index in [4.69, 9.17) is 9.47 Å². The minimum absolute atomic E-state index is 0.110. The summed E-state index contributed by atoms with van der Waals surface area (Å²) in [5.41, 5.74) is 4.08. The number of ether oxygens (including phenoxy) is 2. The maximum Gasteiger partial charge on any atom is 0.184 e. The Kier molecular flexibility index (Phi) is 3.90. The van der Waals surface area contributed by atoms with E-state index >= 15 is 0 Å². The lowest BCUT2D eigenvalue weighted by Gasteiger charge is -2.23. The zero-order chi connectivity index (χ0) is 15.6. The first kappa shape index (κ1) is 14.5. The second-order valence-electron chi connectivity index (χ2n) is 5.84. The van der Waals surface area contributed by atoms with Crippen molar-refractivity contribution >= 4 is 16.6 Å². The van der Waals surface area contributed by atoms with E-state index in [1.54, 1.807) is 4.52 Å². The number of nitrogens with zero attached hydrogens (tertiary/aromatic N) is 4. The summed E-state index contributed by atoms with van der Waals surface area (Å²) in [6, 6.07) is 8.45. The molecule has 0 bridgehead atoms. The zero-order valence-electron chi connectivity index (χ0n) is 13.0. The molecule has 0 spiro atoms. The molecule has 1 fully saturated rings. The Bertz CT molecular complexity index is 826. The van der Waals surface area contributed by atoms with E-state index in [1.807, 2.05) is 0 Å². The van der Waals surface area contributed by atoms with Crippen LogP contribution in [0.2, 0.25) is 0 Å². The fraction of sp³-hybridized carbons (Fsp3) is 0.438. The Labute approximate surface area is 133 Å². The van der Waals surface area contributed by atoms with Crippen LogP contribution < -0.4 is 5.32 Å². The van der Waals surface area contributed by atoms with E-state index < -0.39 is 0 Å². The normalized spacial score (nSPS) is 18.7. The van der Waals surface area contributed by atoms with Crippen molar-refractivity contribution in [2.24, 2.45) is 0 Å². The van der Waals surface area contributed by atoms with Crippen LogP contribution in [0.1, 0.15) is 11.1 Å². The number of rotatable bonds is 4. The number of aromatic nitrogens is 4. The highest BCUT2D eigenvalue weighted by molar-refractivity contribution is 5.83. The first-order valence-electron chi connectivity index (χ1n) is 7.82. The predicted molar refractivity (Wildman–Crippen MR) is 85.3 cm³/mol. The SMILES string of the molecule is Cc1ccc2cc(CNC[C@H]3COCCO3)c3nnnn3c2c1. The Morgan fingerprint density at radius 2 is 2.26 bits per heavy atom. The quantitative estimate of drug-likeness (QED) is 0.777. The molecule has 1 aliphatic heterocycles. The fourth-order valence-electron chi connectivity index (χ4n) is 2.91. The number of benzene rings is 1. The third-order valence-electron chi connectivity index (χ3n) is 4.07.